The van der Waals surface area contributed by atoms with Crippen LogP contribution in [0.15, 0.2) is 267 Å². The molecule has 14 aromatic rings. The Bertz CT molecular complexity index is 4540. The van der Waals surface area contributed by atoms with Gasteiger partial charge in [0.25, 0.3) is 0 Å². The van der Waals surface area contributed by atoms with Gasteiger partial charge in [-0.2, -0.15) is 0 Å². The van der Waals surface area contributed by atoms with Gasteiger partial charge in [-0.05, 0) is 148 Å². The first-order valence-corrected chi connectivity index (χ1v) is 25.4. The van der Waals surface area contributed by atoms with E-state index >= 15 is 0 Å². The molecule has 0 saturated heterocycles. The second kappa shape index (κ2) is 15.3. The lowest BCUT2D eigenvalue weighted by molar-refractivity contribution is 0.794. The average Bonchev–Trinajstić information content (AvgIpc) is 4.09. The monoisotopic (exact) mass is 924 g/mol. The predicted octanol–water partition coefficient (Wildman–Crippen LogP) is 18.9. The van der Waals surface area contributed by atoms with Crippen LogP contribution < -0.4 is 4.90 Å². The van der Waals surface area contributed by atoms with Crippen LogP contribution in [0.25, 0.3) is 104 Å². The van der Waals surface area contributed by atoms with Gasteiger partial charge in [0, 0.05) is 39.0 Å². The summed E-state index contributed by atoms with van der Waals surface area (Å²) in [5.74, 6) is 0. The van der Waals surface area contributed by atoms with Crippen LogP contribution >= 0.6 is 0 Å². The van der Waals surface area contributed by atoms with Crippen LogP contribution in [0.1, 0.15) is 22.3 Å². The molecule has 1 spiro atoms. The van der Waals surface area contributed by atoms with Crippen molar-refractivity contribution in [2.45, 2.75) is 5.41 Å². The fraction of sp³-hybridized carbons (Fsp3) is 0.0141. The SMILES string of the molecule is c1ccc(N(c2ccc3c4ccccc4c4ccccc4c3c2)c2cc3c(cc2-c2cccc4c5cc6ccccc6cc5n(-c5ccccc5)c24)-c2ccccc2C32c3ccccc3-c3ccccc32)cc1. The summed E-state index contributed by atoms with van der Waals surface area (Å²) in [5.41, 5.74) is 19.0. The predicted molar refractivity (Wildman–Crippen MR) is 307 cm³/mol. The van der Waals surface area contributed by atoms with E-state index in [4.69, 9.17) is 0 Å². The van der Waals surface area contributed by atoms with Gasteiger partial charge in [-0.15, -0.1) is 0 Å². The lowest BCUT2D eigenvalue weighted by Crippen LogP contribution is -2.26. The van der Waals surface area contributed by atoms with E-state index in [0.29, 0.717) is 0 Å². The first kappa shape index (κ1) is 40.3. The van der Waals surface area contributed by atoms with Gasteiger partial charge < -0.3 is 9.47 Å². The average molecular weight is 925 g/mol. The molecule has 0 unspecified atom stereocenters. The highest BCUT2D eigenvalue weighted by atomic mass is 15.1. The molecule has 0 bridgehead atoms. The number of rotatable bonds is 5. The van der Waals surface area contributed by atoms with Crippen LogP contribution in [0.4, 0.5) is 17.1 Å². The maximum absolute atomic E-state index is 2.59. The van der Waals surface area contributed by atoms with E-state index in [0.717, 1.165) is 28.3 Å². The van der Waals surface area contributed by atoms with Crippen LogP contribution in [0.3, 0.4) is 0 Å². The second-order valence-corrected chi connectivity index (χ2v) is 19.9. The molecule has 0 atom stereocenters. The van der Waals surface area contributed by atoms with Crippen molar-refractivity contribution in [1.82, 2.24) is 4.57 Å². The zero-order valence-electron chi connectivity index (χ0n) is 39.8. The molecule has 16 rings (SSSR count). The molecule has 0 aliphatic heterocycles. The Morgan fingerprint density at radius 2 is 0.767 bits per heavy atom. The molecule has 2 aliphatic carbocycles. The maximum Gasteiger partial charge on any atom is 0.0726 e. The summed E-state index contributed by atoms with van der Waals surface area (Å²) in [6, 6.07) is 100. The molecule has 0 amide bonds. The summed E-state index contributed by atoms with van der Waals surface area (Å²) < 4.78 is 2.52. The molecule has 338 valence electrons. The van der Waals surface area contributed by atoms with E-state index in [1.54, 1.807) is 0 Å². The third-order valence-corrected chi connectivity index (χ3v) is 16.3. The quantitative estimate of drug-likeness (QED) is 0.156. The standard InChI is InChI=1S/C71H44N2/c1-3-22-47(23-4-1)72(49-38-39-54-52-28-10-9-26-50(52)51-27-11-12-29-53(51)60(54)42-49)69-44-67-61(57-32-15-18-37-66(57)71(67)64-35-16-13-30-55(64)56-31-14-17-36-65(56)71)43-63(69)59-34-19-33-58-62-40-45-20-7-8-21-46(45)41-68(62)73(70(58)59)48-24-5-2-6-25-48/h1-44H. The Hall–Kier alpha value is -9.50. The normalized spacial score (nSPS) is 13.0. The maximum atomic E-state index is 2.59. The Kier molecular flexibility index (Phi) is 8.41. The number of hydrogen-bond donors (Lipinski definition) is 0. The highest BCUT2D eigenvalue weighted by molar-refractivity contribution is 6.26. The van der Waals surface area contributed by atoms with Gasteiger partial charge in [-0.1, -0.05) is 206 Å². The van der Waals surface area contributed by atoms with Crippen molar-refractivity contribution in [3.63, 3.8) is 0 Å². The van der Waals surface area contributed by atoms with E-state index in [9.17, 15) is 0 Å². The number of anilines is 3. The van der Waals surface area contributed by atoms with Gasteiger partial charge in [-0.3, -0.25) is 0 Å². The van der Waals surface area contributed by atoms with Crippen molar-refractivity contribution in [2.75, 3.05) is 4.90 Å². The number of fused-ring (bicyclic) bond motifs is 20. The van der Waals surface area contributed by atoms with Gasteiger partial charge in [0.05, 0.1) is 22.1 Å². The molecule has 0 saturated carbocycles. The minimum Gasteiger partial charge on any atom is -0.310 e. The third-order valence-electron chi connectivity index (χ3n) is 16.3. The van der Waals surface area contributed by atoms with Gasteiger partial charge >= 0.3 is 0 Å². The Morgan fingerprint density at radius 3 is 1.41 bits per heavy atom. The summed E-state index contributed by atoms with van der Waals surface area (Å²) in [6.45, 7) is 0. The van der Waals surface area contributed by atoms with Crippen LogP contribution in [-0.4, -0.2) is 4.57 Å². The summed E-state index contributed by atoms with van der Waals surface area (Å²) in [4.78, 5) is 2.55. The van der Waals surface area contributed by atoms with Gasteiger partial charge in [0.15, 0.2) is 0 Å². The van der Waals surface area contributed by atoms with Crippen molar-refractivity contribution in [3.05, 3.63) is 289 Å². The van der Waals surface area contributed by atoms with E-state index in [1.165, 1.54) is 115 Å². The zero-order valence-corrected chi connectivity index (χ0v) is 39.8. The highest BCUT2D eigenvalue weighted by Crippen LogP contribution is 2.64. The molecule has 0 N–H and O–H groups in total. The van der Waals surface area contributed by atoms with E-state index in [2.05, 4.69) is 276 Å². The first-order chi connectivity index (χ1) is 36.2. The molecule has 2 aliphatic rings. The van der Waals surface area contributed by atoms with Crippen molar-refractivity contribution in [1.29, 1.82) is 0 Å². The minimum absolute atomic E-state index is 0.543. The second-order valence-electron chi connectivity index (χ2n) is 19.9. The first-order valence-electron chi connectivity index (χ1n) is 25.4. The molecule has 13 aromatic carbocycles. The van der Waals surface area contributed by atoms with Crippen molar-refractivity contribution in [2.24, 2.45) is 0 Å². The molecule has 0 fully saturated rings. The molecule has 2 heteroatoms. The third kappa shape index (κ3) is 5.52. The molecule has 1 aromatic heterocycles. The number of para-hydroxylation sites is 3. The van der Waals surface area contributed by atoms with Gasteiger partial charge in [-0.25, -0.2) is 0 Å². The summed E-state index contributed by atoms with van der Waals surface area (Å²) >= 11 is 0. The fourth-order valence-electron chi connectivity index (χ4n) is 13.4. The number of hydrogen-bond acceptors (Lipinski definition) is 1. The van der Waals surface area contributed by atoms with Gasteiger partial charge in [0.1, 0.15) is 0 Å². The number of nitrogens with zero attached hydrogens (tertiary/aromatic N) is 2. The Balaban J connectivity index is 1.08. The Morgan fingerprint density at radius 1 is 0.274 bits per heavy atom. The topological polar surface area (TPSA) is 8.17 Å². The summed E-state index contributed by atoms with van der Waals surface area (Å²) in [7, 11) is 0. The van der Waals surface area contributed by atoms with Gasteiger partial charge in [0.2, 0.25) is 0 Å². The summed E-state index contributed by atoms with van der Waals surface area (Å²) in [5, 5.41) is 12.4. The number of aromatic nitrogens is 1. The van der Waals surface area contributed by atoms with Crippen LogP contribution in [-0.2, 0) is 5.41 Å². The van der Waals surface area contributed by atoms with E-state index in [1.807, 2.05) is 0 Å². The molecule has 73 heavy (non-hydrogen) atoms. The molecule has 2 nitrogen and oxygen atoms in total. The van der Waals surface area contributed by atoms with E-state index < -0.39 is 5.41 Å². The number of benzene rings is 13. The molecule has 0 radical (unpaired) electrons. The van der Waals surface area contributed by atoms with Crippen LogP contribution in [0.2, 0.25) is 0 Å². The zero-order chi connectivity index (χ0) is 47.8. The summed E-state index contributed by atoms with van der Waals surface area (Å²) in [6.07, 6.45) is 0. The van der Waals surface area contributed by atoms with Crippen molar-refractivity contribution < 1.29 is 0 Å². The lowest BCUT2D eigenvalue weighted by Gasteiger charge is -2.33. The molecular weight excluding hydrogens is 881 g/mol. The molecular formula is C71H44N2. The molecule has 1 heterocycles. The Labute approximate surface area is 422 Å². The fourth-order valence-corrected chi connectivity index (χ4v) is 13.4. The van der Waals surface area contributed by atoms with Crippen molar-refractivity contribution in [3.8, 4) is 39.1 Å². The highest BCUT2D eigenvalue weighted by Gasteiger charge is 2.52. The van der Waals surface area contributed by atoms with Crippen molar-refractivity contribution >= 4 is 82.0 Å². The van der Waals surface area contributed by atoms with Crippen LogP contribution in [0, 0.1) is 0 Å². The smallest absolute Gasteiger partial charge is 0.0726 e. The van der Waals surface area contributed by atoms with Crippen LogP contribution in [0.5, 0.6) is 0 Å². The minimum atomic E-state index is -0.543. The largest absolute Gasteiger partial charge is 0.310 e. The lowest BCUT2D eigenvalue weighted by atomic mass is 9.70. The van der Waals surface area contributed by atoms with E-state index in [-0.39, 0.29) is 0 Å².